The Morgan fingerprint density at radius 1 is 1.38 bits per heavy atom. The Labute approximate surface area is 117 Å². The summed E-state index contributed by atoms with van der Waals surface area (Å²) in [5.74, 6) is -1.11. The molecule has 1 saturated heterocycles. The van der Waals surface area contributed by atoms with Crippen molar-refractivity contribution in [3.05, 3.63) is 24.3 Å². The van der Waals surface area contributed by atoms with Crippen LogP contribution in [0.4, 0.5) is 18.9 Å². The zero-order valence-electron chi connectivity index (χ0n) is 10.7. The minimum Gasteiger partial charge on any atom is -0.406 e. The van der Waals surface area contributed by atoms with E-state index in [1.54, 1.807) is 0 Å². The van der Waals surface area contributed by atoms with E-state index in [2.05, 4.69) is 20.7 Å². The van der Waals surface area contributed by atoms with Gasteiger partial charge in [-0.2, -0.15) is 0 Å². The molecule has 0 aliphatic carbocycles. The van der Waals surface area contributed by atoms with Crippen LogP contribution >= 0.6 is 0 Å². The summed E-state index contributed by atoms with van der Waals surface area (Å²) in [6.07, 6.45) is -4.79. The van der Waals surface area contributed by atoms with E-state index < -0.39 is 24.1 Å². The molecule has 1 aromatic carbocycles. The van der Waals surface area contributed by atoms with E-state index in [-0.39, 0.29) is 24.7 Å². The van der Waals surface area contributed by atoms with E-state index >= 15 is 0 Å². The molecule has 3 N–H and O–H groups in total. The fourth-order valence-corrected chi connectivity index (χ4v) is 1.75. The number of hydrogen-bond donors (Lipinski definition) is 3. The summed E-state index contributed by atoms with van der Waals surface area (Å²) in [5.41, 5.74) is 0.167. The maximum atomic E-state index is 12.1. The van der Waals surface area contributed by atoms with Crippen LogP contribution in [0.3, 0.4) is 0 Å². The van der Waals surface area contributed by atoms with E-state index in [4.69, 9.17) is 0 Å². The summed E-state index contributed by atoms with van der Waals surface area (Å²) >= 11 is 0. The largest absolute Gasteiger partial charge is 0.573 e. The van der Waals surface area contributed by atoms with Crippen LogP contribution in [0, 0.1) is 0 Å². The Morgan fingerprint density at radius 3 is 2.76 bits per heavy atom. The van der Waals surface area contributed by atoms with Crippen molar-refractivity contribution in [3.8, 4) is 5.75 Å². The second-order valence-corrected chi connectivity index (χ2v) is 4.30. The standard InChI is InChI=1S/C12H12F3N3O3/c13-12(14,15)21-8-3-1-2-7(4-8)18-11(20)9-5-17-10(19)6-16-9/h1-4,9,16H,5-6H2,(H,17,19)(H,18,20). The molecule has 1 unspecified atom stereocenters. The zero-order chi connectivity index (χ0) is 15.5. The van der Waals surface area contributed by atoms with Gasteiger partial charge < -0.3 is 15.4 Å². The minimum atomic E-state index is -4.79. The van der Waals surface area contributed by atoms with Gasteiger partial charge in [0.2, 0.25) is 11.8 Å². The van der Waals surface area contributed by atoms with Crippen LogP contribution in [-0.2, 0) is 9.59 Å². The molecule has 114 valence electrons. The van der Waals surface area contributed by atoms with Crippen molar-refractivity contribution in [3.63, 3.8) is 0 Å². The third-order valence-electron chi connectivity index (χ3n) is 2.66. The van der Waals surface area contributed by atoms with Crippen LogP contribution in [0.15, 0.2) is 24.3 Å². The lowest BCUT2D eigenvalue weighted by Gasteiger charge is -2.23. The number of carbonyl (C=O) groups excluding carboxylic acids is 2. The van der Waals surface area contributed by atoms with Gasteiger partial charge in [-0.05, 0) is 12.1 Å². The average Bonchev–Trinajstić information content (AvgIpc) is 2.37. The fraction of sp³-hybridized carbons (Fsp3) is 0.333. The van der Waals surface area contributed by atoms with Crippen LogP contribution in [0.1, 0.15) is 0 Å². The van der Waals surface area contributed by atoms with Gasteiger partial charge in [-0.3, -0.25) is 14.9 Å². The summed E-state index contributed by atoms with van der Waals surface area (Å²) in [4.78, 5) is 22.8. The molecule has 0 saturated carbocycles. The molecule has 21 heavy (non-hydrogen) atoms. The molecule has 1 atom stereocenters. The third kappa shape index (κ3) is 4.63. The van der Waals surface area contributed by atoms with Crippen LogP contribution in [0.5, 0.6) is 5.75 Å². The van der Waals surface area contributed by atoms with Gasteiger partial charge >= 0.3 is 6.36 Å². The highest BCUT2D eigenvalue weighted by Gasteiger charge is 2.31. The molecule has 6 nitrogen and oxygen atoms in total. The molecular weight excluding hydrogens is 291 g/mol. The molecule has 0 aromatic heterocycles. The summed E-state index contributed by atoms with van der Waals surface area (Å²) in [5, 5.41) is 7.66. The Kier molecular flexibility index (Phi) is 4.32. The van der Waals surface area contributed by atoms with Crippen molar-refractivity contribution in [2.45, 2.75) is 12.4 Å². The molecular formula is C12H12F3N3O3. The molecule has 0 spiro atoms. The monoisotopic (exact) mass is 303 g/mol. The van der Waals surface area contributed by atoms with Gasteiger partial charge in [0.15, 0.2) is 0 Å². The van der Waals surface area contributed by atoms with Gasteiger partial charge in [0.1, 0.15) is 11.8 Å². The molecule has 0 bridgehead atoms. The summed E-state index contributed by atoms with van der Waals surface area (Å²) in [6, 6.07) is 4.31. The zero-order valence-corrected chi connectivity index (χ0v) is 10.7. The first-order valence-corrected chi connectivity index (χ1v) is 6.00. The smallest absolute Gasteiger partial charge is 0.406 e. The van der Waals surface area contributed by atoms with Gasteiger partial charge in [0.05, 0.1) is 6.54 Å². The Bertz CT molecular complexity index is 538. The lowest BCUT2D eigenvalue weighted by molar-refractivity contribution is -0.274. The molecule has 2 amide bonds. The molecule has 2 rings (SSSR count). The molecule has 1 aromatic rings. The first-order valence-electron chi connectivity index (χ1n) is 6.00. The van der Waals surface area contributed by atoms with Crippen molar-refractivity contribution in [1.29, 1.82) is 0 Å². The van der Waals surface area contributed by atoms with Crippen molar-refractivity contribution in [2.24, 2.45) is 0 Å². The lowest BCUT2D eigenvalue weighted by Crippen LogP contribution is -2.56. The van der Waals surface area contributed by atoms with Crippen LogP contribution in [0.2, 0.25) is 0 Å². The van der Waals surface area contributed by atoms with Crippen LogP contribution in [-0.4, -0.2) is 37.3 Å². The quantitative estimate of drug-likeness (QED) is 0.764. The second-order valence-electron chi connectivity index (χ2n) is 4.30. The Hall–Kier alpha value is -2.29. The number of ether oxygens (including phenoxy) is 1. The second kappa shape index (κ2) is 6.00. The van der Waals surface area contributed by atoms with Crippen LogP contribution < -0.4 is 20.7 Å². The van der Waals surface area contributed by atoms with E-state index in [0.717, 1.165) is 12.1 Å². The number of amides is 2. The molecule has 1 aliphatic rings. The summed E-state index contributed by atoms with van der Waals surface area (Å²) in [7, 11) is 0. The van der Waals surface area contributed by atoms with Crippen molar-refractivity contribution < 1.29 is 27.5 Å². The predicted molar refractivity (Wildman–Crippen MR) is 66.6 cm³/mol. The fourth-order valence-electron chi connectivity index (χ4n) is 1.75. The predicted octanol–water partition coefficient (Wildman–Crippen LogP) is 0.612. The van der Waals surface area contributed by atoms with Gasteiger partial charge in [-0.15, -0.1) is 13.2 Å². The number of rotatable bonds is 3. The highest BCUT2D eigenvalue weighted by atomic mass is 19.4. The molecule has 9 heteroatoms. The van der Waals surface area contributed by atoms with Gasteiger partial charge in [-0.1, -0.05) is 6.07 Å². The first kappa shape index (κ1) is 15.1. The summed E-state index contributed by atoms with van der Waals surface area (Å²) < 4.78 is 40.1. The van der Waals surface area contributed by atoms with Gasteiger partial charge in [0, 0.05) is 18.3 Å². The van der Waals surface area contributed by atoms with E-state index in [1.807, 2.05) is 0 Å². The maximum absolute atomic E-state index is 12.1. The number of alkyl halides is 3. The number of hydrogen-bond acceptors (Lipinski definition) is 4. The molecule has 0 radical (unpaired) electrons. The summed E-state index contributed by atoms with van der Waals surface area (Å²) in [6.45, 7) is 0.124. The van der Waals surface area contributed by atoms with E-state index in [0.29, 0.717) is 0 Å². The normalized spacial score (nSPS) is 18.8. The Balaban J connectivity index is 1.97. The highest BCUT2D eigenvalue weighted by molar-refractivity contribution is 5.96. The minimum absolute atomic E-state index is 0.00924. The first-order chi connectivity index (χ1) is 9.83. The molecule has 1 heterocycles. The Morgan fingerprint density at radius 2 is 2.14 bits per heavy atom. The lowest BCUT2D eigenvalue weighted by atomic mass is 10.2. The number of anilines is 1. The number of halogens is 3. The number of benzene rings is 1. The molecule has 1 aliphatic heterocycles. The topological polar surface area (TPSA) is 79.5 Å². The van der Waals surface area contributed by atoms with Gasteiger partial charge in [-0.25, -0.2) is 0 Å². The average molecular weight is 303 g/mol. The van der Waals surface area contributed by atoms with Crippen molar-refractivity contribution in [1.82, 2.24) is 10.6 Å². The van der Waals surface area contributed by atoms with Gasteiger partial charge in [0.25, 0.3) is 0 Å². The highest BCUT2D eigenvalue weighted by Crippen LogP contribution is 2.25. The van der Waals surface area contributed by atoms with E-state index in [1.165, 1.54) is 12.1 Å². The van der Waals surface area contributed by atoms with E-state index in [9.17, 15) is 22.8 Å². The number of piperazine rings is 1. The third-order valence-corrected chi connectivity index (χ3v) is 2.66. The SMILES string of the molecule is O=C1CNC(C(=O)Nc2cccc(OC(F)(F)F)c2)CN1. The number of carbonyl (C=O) groups is 2. The van der Waals surface area contributed by atoms with Crippen LogP contribution in [0.25, 0.3) is 0 Å². The molecule has 1 fully saturated rings. The number of nitrogens with one attached hydrogen (secondary N) is 3. The van der Waals surface area contributed by atoms with Crippen molar-refractivity contribution >= 4 is 17.5 Å². The maximum Gasteiger partial charge on any atom is 0.573 e. The van der Waals surface area contributed by atoms with Crippen molar-refractivity contribution in [2.75, 3.05) is 18.4 Å².